The molecule has 0 radical (unpaired) electrons. The van der Waals surface area contributed by atoms with Crippen molar-refractivity contribution in [3.05, 3.63) is 119 Å². The number of hydrogen-bond acceptors (Lipinski definition) is 11. The van der Waals surface area contributed by atoms with Gasteiger partial charge in [-0.15, -0.1) is 0 Å². The maximum atomic E-state index is 14.8. The lowest BCUT2D eigenvalue weighted by Crippen LogP contribution is -2.79. The molecule has 1 saturated heterocycles. The van der Waals surface area contributed by atoms with E-state index in [1.165, 1.54) is 6.92 Å². The number of aliphatic hydroxyl groups is 5. The molecular weight excluding hydrogens is 718 g/mol. The van der Waals surface area contributed by atoms with Gasteiger partial charge in [-0.3, -0.25) is 14.4 Å². The van der Waals surface area contributed by atoms with Gasteiger partial charge < -0.3 is 40.3 Å². The molecule has 9 unspecified atom stereocenters. The van der Waals surface area contributed by atoms with Gasteiger partial charge in [0.2, 0.25) is 0 Å². The van der Waals surface area contributed by atoms with Gasteiger partial charge >= 0.3 is 5.97 Å². The Morgan fingerprint density at radius 3 is 2.04 bits per heavy atom. The van der Waals surface area contributed by atoms with E-state index in [0.717, 1.165) is 0 Å². The molecule has 0 spiro atoms. The van der Waals surface area contributed by atoms with Crippen LogP contribution in [0.25, 0.3) is 0 Å². The number of hydrogen-bond donors (Lipinski definition) is 6. The standard InChI is InChI=1S/C44H49NO11/c1-24-30(56-40(52)36(49)34(26-16-10-6-11-17-26)45-39(51)27-18-12-7-13-19-27)22-44(54)28(20-29(46)25-14-8-5-9-15-25)37-42(4,31(47)21-32-43(37,53)23-55-32)38(50)35(48)33(24)41(44,2)3/h5-19,28,30-32,34-37,47-49,53-54H,20-23H2,1-4H3,(H,45,51)/t28?,30?,31?,32?,34?,35?,36?,37?,42-,43+,44?/m1/s1. The lowest BCUT2D eigenvalue weighted by Gasteiger charge is -2.67. The molecule has 3 aromatic carbocycles. The molecule has 2 saturated carbocycles. The van der Waals surface area contributed by atoms with Crippen LogP contribution in [0.5, 0.6) is 0 Å². The van der Waals surface area contributed by atoms with Gasteiger partial charge in [0.05, 0.1) is 35.9 Å². The van der Waals surface area contributed by atoms with Gasteiger partial charge in [-0.05, 0) is 42.7 Å². The summed E-state index contributed by atoms with van der Waals surface area (Å²) < 4.78 is 11.7. The van der Waals surface area contributed by atoms with E-state index >= 15 is 0 Å². The number of ether oxygens (including phenoxy) is 2. The molecule has 4 aliphatic rings. The number of fused-ring (bicyclic) bond motifs is 5. The largest absolute Gasteiger partial charge is 0.456 e. The van der Waals surface area contributed by atoms with Crippen molar-refractivity contribution < 1.29 is 54.2 Å². The fourth-order valence-electron chi connectivity index (χ4n) is 10.2. The van der Waals surface area contributed by atoms with Crippen LogP contribution in [0, 0.1) is 22.7 Å². The zero-order valence-corrected chi connectivity index (χ0v) is 31.8. The highest BCUT2D eigenvalue weighted by molar-refractivity contribution is 5.97. The minimum Gasteiger partial charge on any atom is -0.456 e. The maximum absolute atomic E-state index is 14.8. The topological polar surface area (TPSA) is 200 Å². The molecule has 12 nitrogen and oxygen atoms in total. The van der Waals surface area contributed by atoms with Crippen LogP contribution in [0.4, 0.5) is 0 Å². The van der Waals surface area contributed by atoms with Crippen LogP contribution in [-0.2, 0) is 19.1 Å². The second-order valence-electron chi connectivity index (χ2n) is 16.6. The van der Waals surface area contributed by atoms with Crippen molar-refractivity contribution in [1.29, 1.82) is 0 Å². The first-order chi connectivity index (χ1) is 26.5. The van der Waals surface area contributed by atoms with E-state index in [1.54, 1.807) is 112 Å². The molecule has 7 rings (SSSR count). The van der Waals surface area contributed by atoms with Crippen molar-refractivity contribution in [2.75, 3.05) is 6.61 Å². The van der Waals surface area contributed by atoms with Gasteiger partial charge in [0.15, 0.2) is 17.7 Å². The normalized spacial score (nSPS) is 34.3. The van der Waals surface area contributed by atoms with Gasteiger partial charge in [0.1, 0.15) is 17.8 Å². The van der Waals surface area contributed by atoms with Gasteiger partial charge in [-0.1, -0.05) is 92.7 Å². The third kappa shape index (κ3) is 6.14. The predicted octanol–water partition coefficient (Wildman–Crippen LogP) is 3.26. The minimum absolute atomic E-state index is 0.0449. The zero-order valence-electron chi connectivity index (χ0n) is 31.8. The lowest BCUT2D eigenvalue weighted by molar-refractivity contribution is -0.337. The van der Waals surface area contributed by atoms with Crippen molar-refractivity contribution in [3.63, 3.8) is 0 Å². The molecular formula is C44H49NO11. The first-order valence-electron chi connectivity index (χ1n) is 19.0. The summed E-state index contributed by atoms with van der Waals surface area (Å²) in [7, 11) is 0. The maximum Gasteiger partial charge on any atom is 0.338 e. The van der Waals surface area contributed by atoms with E-state index in [1.807, 2.05) is 0 Å². The third-order valence-corrected chi connectivity index (χ3v) is 13.4. The van der Waals surface area contributed by atoms with Crippen molar-refractivity contribution in [3.8, 4) is 0 Å². The fourth-order valence-corrected chi connectivity index (χ4v) is 10.2. The smallest absolute Gasteiger partial charge is 0.338 e. The minimum atomic E-state index is -2.08. The highest BCUT2D eigenvalue weighted by atomic mass is 16.6. The Labute approximate surface area is 325 Å². The molecule has 6 N–H and O–H groups in total. The van der Waals surface area contributed by atoms with Crippen LogP contribution >= 0.6 is 0 Å². The summed E-state index contributed by atoms with van der Waals surface area (Å²) in [6, 6.07) is 23.8. The van der Waals surface area contributed by atoms with Crippen LogP contribution in [0.15, 0.2) is 102 Å². The molecule has 296 valence electrons. The van der Waals surface area contributed by atoms with Crippen LogP contribution in [0.3, 0.4) is 0 Å². The molecule has 3 aromatic rings. The Balaban J connectivity index is 1.31. The van der Waals surface area contributed by atoms with Gasteiger partial charge in [-0.25, -0.2) is 4.79 Å². The number of aliphatic hydroxyl groups excluding tert-OH is 3. The Morgan fingerprint density at radius 1 is 0.893 bits per heavy atom. The number of esters is 1. The molecule has 3 aliphatic carbocycles. The molecule has 1 heterocycles. The first-order valence-corrected chi connectivity index (χ1v) is 19.0. The third-order valence-electron chi connectivity index (χ3n) is 13.4. The van der Waals surface area contributed by atoms with Gasteiger partial charge in [0, 0.05) is 47.6 Å². The van der Waals surface area contributed by atoms with Crippen LogP contribution in [0.2, 0.25) is 0 Å². The van der Waals surface area contributed by atoms with Crippen molar-refractivity contribution in [2.45, 2.75) is 94.7 Å². The second kappa shape index (κ2) is 14.4. The van der Waals surface area contributed by atoms with E-state index in [0.29, 0.717) is 16.7 Å². The molecule has 3 fully saturated rings. The summed E-state index contributed by atoms with van der Waals surface area (Å²) in [4.78, 5) is 56.3. The van der Waals surface area contributed by atoms with Crippen molar-refractivity contribution >= 4 is 23.4 Å². The Morgan fingerprint density at radius 2 is 1.46 bits per heavy atom. The molecule has 1 amide bonds. The Kier molecular flexibility index (Phi) is 10.2. The van der Waals surface area contributed by atoms with Gasteiger partial charge in [0.25, 0.3) is 5.91 Å². The summed E-state index contributed by atoms with van der Waals surface area (Å²) in [5.41, 5.74) is -5.84. The van der Waals surface area contributed by atoms with E-state index in [9.17, 15) is 44.7 Å². The van der Waals surface area contributed by atoms with Gasteiger partial charge in [-0.2, -0.15) is 0 Å². The summed E-state index contributed by atoms with van der Waals surface area (Å²) in [6.07, 6.45) is -8.39. The summed E-state index contributed by atoms with van der Waals surface area (Å²) in [6.45, 7) is 6.08. The Bertz CT molecular complexity index is 2040. The molecule has 1 aliphatic heterocycles. The van der Waals surface area contributed by atoms with Crippen LogP contribution in [0.1, 0.15) is 79.3 Å². The predicted molar refractivity (Wildman–Crippen MR) is 202 cm³/mol. The quantitative estimate of drug-likeness (QED) is 0.106. The number of Topliss-reactive ketones (excluding diaryl/α,β-unsaturated/α-hetero) is 2. The van der Waals surface area contributed by atoms with Crippen molar-refractivity contribution in [1.82, 2.24) is 5.32 Å². The average Bonchev–Trinajstić information content (AvgIpc) is 3.19. The number of ketones is 2. The summed E-state index contributed by atoms with van der Waals surface area (Å²) in [5.74, 6) is -5.47. The number of rotatable bonds is 9. The summed E-state index contributed by atoms with van der Waals surface area (Å²) in [5, 5.41) is 63.9. The second-order valence-corrected chi connectivity index (χ2v) is 16.6. The monoisotopic (exact) mass is 767 g/mol. The molecule has 56 heavy (non-hydrogen) atoms. The van der Waals surface area contributed by atoms with Crippen LogP contribution < -0.4 is 5.32 Å². The highest BCUT2D eigenvalue weighted by Gasteiger charge is 2.75. The number of nitrogens with one attached hydrogen (secondary N) is 1. The molecule has 0 aromatic heterocycles. The number of benzene rings is 3. The average molecular weight is 768 g/mol. The molecule has 2 bridgehead atoms. The molecule has 12 heteroatoms. The SMILES string of the molecule is CC1=C2C(O)C(=O)[C@]3(C)C(O)CC4OC[C@@]4(O)C3C(CC(=O)c3ccccc3)C(O)(CC1OC(=O)C(O)C(NC(=O)c1ccccc1)c1ccccc1)C2(C)C. The van der Waals surface area contributed by atoms with Crippen LogP contribution in [-0.4, -0.2) is 97.3 Å². The van der Waals surface area contributed by atoms with Crippen molar-refractivity contribution in [2.24, 2.45) is 22.7 Å². The Hall–Kier alpha value is -4.56. The number of carbonyl (C=O) groups is 4. The summed E-state index contributed by atoms with van der Waals surface area (Å²) >= 11 is 0. The molecule has 11 atom stereocenters. The fraction of sp³-hybridized carbons (Fsp3) is 0.455. The van der Waals surface area contributed by atoms with E-state index in [-0.39, 0.29) is 37.0 Å². The first kappa shape index (κ1) is 39.7. The highest BCUT2D eigenvalue weighted by Crippen LogP contribution is 2.65. The number of amides is 1. The lowest BCUT2D eigenvalue weighted by atomic mass is 9.42. The van der Waals surface area contributed by atoms with E-state index in [4.69, 9.17) is 9.47 Å². The number of carbonyl (C=O) groups excluding carboxylic acids is 4. The zero-order chi connectivity index (χ0) is 40.4. The van der Waals surface area contributed by atoms with E-state index in [2.05, 4.69) is 5.32 Å². The van der Waals surface area contributed by atoms with E-state index < -0.39 is 93.9 Å².